The Labute approximate surface area is 86.4 Å². The van der Waals surface area contributed by atoms with Crippen molar-refractivity contribution in [2.45, 2.75) is 4.90 Å². The predicted molar refractivity (Wildman–Crippen MR) is 52.9 cm³/mol. The zero-order valence-corrected chi connectivity index (χ0v) is 9.19. The van der Waals surface area contributed by atoms with E-state index in [9.17, 15) is 13.2 Å². The SMILES string of the molecule is CN(C)S(=O)(=O)c1c[nH]c(=O)c(Cl)c1. The van der Waals surface area contributed by atoms with E-state index in [2.05, 4.69) is 4.98 Å². The Hall–Kier alpha value is -0.850. The molecule has 0 aliphatic carbocycles. The van der Waals surface area contributed by atoms with Gasteiger partial charge in [0.15, 0.2) is 0 Å². The summed E-state index contributed by atoms with van der Waals surface area (Å²) in [6, 6.07) is 1.12. The molecule has 0 saturated carbocycles. The summed E-state index contributed by atoms with van der Waals surface area (Å²) >= 11 is 5.50. The van der Waals surface area contributed by atoms with E-state index in [1.54, 1.807) is 0 Å². The van der Waals surface area contributed by atoms with Crippen LogP contribution in [-0.2, 0) is 10.0 Å². The van der Waals surface area contributed by atoms with Gasteiger partial charge in [0.2, 0.25) is 10.0 Å². The first kappa shape index (κ1) is 11.2. The van der Waals surface area contributed by atoms with Gasteiger partial charge in [-0.3, -0.25) is 4.79 Å². The fourth-order valence-corrected chi connectivity index (χ4v) is 1.93. The molecule has 5 nitrogen and oxygen atoms in total. The van der Waals surface area contributed by atoms with Crippen LogP contribution in [0, 0.1) is 0 Å². The molecule has 0 bridgehead atoms. The average molecular weight is 237 g/mol. The standard InChI is InChI=1S/C7H9ClN2O3S/c1-10(2)14(12,13)5-3-6(8)7(11)9-4-5/h3-4H,1-2H3,(H,9,11). The fraction of sp³-hybridized carbons (Fsp3) is 0.286. The van der Waals surface area contributed by atoms with Crippen LogP contribution in [0.1, 0.15) is 0 Å². The minimum atomic E-state index is -3.54. The molecule has 0 radical (unpaired) electrons. The molecule has 0 saturated heterocycles. The number of nitrogens with zero attached hydrogens (tertiary/aromatic N) is 1. The van der Waals surface area contributed by atoms with Crippen molar-refractivity contribution in [2.24, 2.45) is 0 Å². The summed E-state index contributed by atoms with van der Waals surface area (Å²) in [6.07, 6.45) is 1.11. The number of halogens is 1. The molecular weight excluding hydrogens is 228 g/mol. The minimum absolute atomic E-state index is 0.0351. The van der Waals surface area contributed by atoms with E-state index < -0.39 is 15.6 Å². The highest BCUT2D eigenvalue weighted by atomic mass is 35.5. The second-order valence-corrected chi connectivity index (χ2v) is 5.36. The third kappa shape index (κ3) is 1.97. The lowest BCUT2D eigenvalue weighted by molar-refractivity contribution is 0.520. The summed E-state index contributed by atoms with van der Waals surface area (Å²) in [5.41, 5.74) is -0.510. The van der Waals surface area contributed by atoms with Crippen molar-refractivity contribution in [1.82, 2.24) is 9.29 Å². The maximum absolute atomic E-state index is 11.5. The maximum Gasteiger partial charge on any atom is 0.266 e. The first-order valence-corrected chi connectivity index (χ1v) is 5.48. The molecule has 1 N–H and O–H groups in total. The number of H-pyrrole nitrogens is 1. The average Bonchev–Trinajstić information content (AvgIpc) is 2.09. The van der Waals surface area contributed by atoms with E-state index in [4.69, 9.17) is 11.6 Å². The molecule has 0 aliphatic heterocycles. The summed E-state index contributed by atoms with van der Waals surface area (Å²) in [6.45, 7) is 0. The van der Waals surface area contributed by atoms with Gasteiger partial charge in [0.05, 0.1) is 4.90 Å². The second-order valence-electron chi connectivity index (χ2n) is 2.80. The van der Waals surface area contributed by atoms with Gasteiger partial charge >= 0.3 is 0 Å². The Kier molecular flexibility index (Phi) is 2.98. The molecule has 0 spiro atoms. The first-order valence-electron chi connectivity index (χ1n) is 3.66. The largest absolute Gasteiger partial charge is 0.326 e. The lowest BCUT2D eigenvalue weighted by atomic mass is 10.5. The van der Waals surface area contributed by atoms with Gasteiger partial charge in [-0.1, -0.05) is 11.6 Å². The highest BCUT2D eigenvalue weighted by Crippen LogP contribution is 2.13. The van der Waals surface area contributed by atoms with Crippen LogP contribution in [0.3, 0.4) is 0 Å². The topological polar surface area (TPSA) is 70.2 Å². The quantitative estimate of drug-likeness (QED) is 0.802. The van der Waals surface area contributed by atoms with Gasteiger partial charge in [0.25, 0.3) is 5.56 Å². The second kappa shape index (κ2) is 3.72. The minimum Gasteiger partial charge on any atom is -0.326 e. The van der Waals surface area contributed by atoms with Gasteiger partial charge in [-0.15, -0.1) is 0 Å². The van der Waals surface area contributed by atoms with Crippen molar-refractivity contribution in [3.05, 3.63) is 27.6 Å². The van der Waals surface area contributed by atoms with Crippen molar-refractivity contribution >= 4 is 21.6 Å². The Morgan fingerprint density at radius 2 is 2.00 bits per heavy atom. The molecule has 0 aliphatic rings. The van der Waals surface area contributed by atoms with Crippen molar-refractivity contribution in [3.63, 3.8) is 0 Å². The molecule has 1 rings (SSSR count). The summed E-state index contributed by atoms with van der Waals surface area (Å²) in [5, 5.41) is -0.145. The molecule has 14 heavy (non-hydrogen) atoms. The van der Waals surface area contributed by atoms with Crippen LogP contribution in [0.25, 0.3) is 0 Å². The number of aromatic nitrogens is 1. The molecule has 0 aromatic carbocycles. The molecule has 1 heterocycles. The smallest absolute Gasteiger partial charge is 0.266 e. The van der Waals surface area contributed by atoms with Crippen molar-refractivity contribution in [1.29, 1.82) is 0 Å². The van der Waals surface area contributed by atoms with Crippen LogP contribution in [0.2, 0.25) is 5.02 Å². The van der Waals surface area contributed by atoms with Gasteiger partial charge in [-0.2, -0.15) is 0 Å². The molecular formula is C7H9ClN2O3S. The fourth-order valence-electron chi connectivity index (χ4n) is 0.797. The number of aromatic amines is 1. The summed E-state index contributed by atoms with van der Waals surface area (Å²) < 4.78 is 24.1. The molecule has 0 unspecified atom stereocenters. The predicted octanol–water partition coefficient (Wildman–Crippen LogP) is 0.279. The van der Waals surface area contributed by atoms with Crippen LogP contribution >= 0.6 is 11.6 Å². The van der Waals surface area contributed by atoms with Gasteiger partial charge in [0.1, 0.15) is 5.02 Å². The van der Waals surface area contributed by atoms with E-state index in [-0.39, 0.29) is 9.92 Å². The number of hydrogen-bond acceptors (Lipinski definition) is 3. The molecule has 1 aromatic rings. The molecule has 7 heteroatoms. The summed E-state index contributed by atoms with van der Waals surface area (Å²) in [4.78, 5) is 13.1. The highest BCUT2D eigenvalue weighted by Gasteiger charge is 2.17. The molecule has 0 fully saturated rings. The zero-order valence-electron chi connectivity index (χ0n) is 7.61. The van der Waals surface area contributed by atoms with Crippen LogP contribution < -0.4 is 5.56 Å². The van der Waals surface area contributed by atoms with Gasteiger partial charge in [-0.25, -0.2) is 12.7 Å². The van der Waals surface area contributed by atoms with Crippen molar-refractivity contribution in [3.8, 4) is 0 Å². The van der Waals surface area contributed by atoms with Gasteiger partial charge < -0.3 is 4.98 Å². The number of pyridine rings is 1. The van der Waals surface area contributed by atoms with Crippen molar-refractivity contribution < 1.29 is 8.42 Å². The number of hydrogen-bond donors (Lipinski definition) is 1. The van der Waals surface area contributed by atoms with E-state index in [0.29, 0.717) is 0 Å². The summed E-state index contributed by atoms with van der Waals surface area (Å²) in [5.74, 6) is 0. The molecule has 1 aromatic heterocycles. The van der Waals surface area contributed by atoms with Gasteiger partial charge in [0, 0.05) is 20.3 Å². The molecule has 0 atom stereocenters. The van der Waals surface area contributed by atoms with Gasteiger partial charge in [-0.05, 0) is 6.07 Å². The number of rotatable bonds is 2. The van der Waals surface area contributed by atoms with E-state index in [0.717, 1.165) is 16.6 Å². The lowest BCUT2D eigenvalue weighted by Crippen LogP contribution is -2.23. The zero-order chi connectivity index (χ0) is 10.9. The van der Waals surface area contributed by atoms with E-state index in [1.165, 1.54) is 14.1 Å². The van der Waals surface area contributed by atoms with E-state index >= 15 is 0 Å². The third-order valence-electron chi connectivity index (χ3n) is 1.61. The van der Waals surface area contributed by atoms with Crippen LogP contribution in [-0.4, -0.2) is 31.8 Å². The Bertz CT molecular complexity index is 492. The number of sulfonamides is 1. The Morgan fingerprint density at radius 1 is 1.43 bits per heavy atom. The summed E-state index contributed by atoms with van der Waals surface area (Å²) in [7, 11) is -0.743. The third-order valence-corrected chi connectivity index (χ3v) is 3.68. The Balaban J connectivity index is 3.36. The van der Waals surface area contributed by atoms with Crippen LogP contribution in [0.15, 0.2) is 22.0 Å². The normalized spacial score (nSPS) is 12.0. The lowest BCUT2D eigenvalue weighted by Gasteiger charge is -2.10. The van der Waals surface area contributed by atoms with Crippen LogP contribution in [0.5, 0.6) is 0 Å². The Morgan fingerprint density at radius 3 is 2.43 bits per heavy atom. The van der Waals surface area contributed by atoms with Crippen molar-refractivity contribution in [2.75, 3.05) is 14.1 Å². The highest BCUT2D eigenvalue weighted by molar-refractivity contribution is 7.89. The van der Waals surface area contributed by atoms with Crippen LogP contribution in [0.4, 0.5) is 0 Å². The maximum atomic E-state index is 11.5. The molecule has 0 amide bonds. The first-order chi connectivity index (χ1) is 6.35. The monoisotopic (exact) mass is 236 g/mol. The number of nitrogens with one attached hydrogen (secondary N) is 1. The van der Waals surface area contributed by atoms with E-state index in [1.807, 2.05) is 0 Å². The molecule has 78 valence electrons.